The summed E-state index contributed by atoms with van der Waals surface area (Å²) in [5.74, 6) is -0.404. The Kier molecular flexibility index (Phi) is 5.17. The van der Waals surface area contributed by atoms with Crippen LogP contribution in [0.5, 0.6) is 0 Å². The van der Waals surface area contributed by atoms with Crippen LogP contribution in [0.1, 0.15) is 5.56 Å². The highest BCUT2D eigenvalue weighted by Gasteiger charge is 2.15. The molecule has 4 nitrogen and oxygen atoms in total. The fraction of sp³-hybridized carbons (Fsp3) is 0.143. The highest BCUT2D eigenvalue weighted by atomic mass is 127. The lowest BCUT2D eigenvalue weighted by molar-refractivity contribution is 0.601. The summed E-state index contributed by atoms with van der Waals surface area (Å²) in [4.78, 5) is 0.169. The molecule has 2 aromatic carbocycles. The van der Waals surface area contributed by atoms with Crippen LogP contribution in [0.15, 0.2) is 47.4 Å². The Morgan fingerprint density at radius 2 is 1.81 bits per heavy atom. The molecule has 0 unspecified atom stereocenters. The van der Waals surface area contributed by atoms with Gasteiger partial charge in [-0.15, -0.1) is 0 Å². The molecule has 7 heteroatoms. The predicted octanol–water partition coefficient (Wildman–Crippen LogP) is 2.95. The molecule has 0 atom stereocenters. The van der Waals surface area contributed by atoms with Crippen LogP contribution in [-0.4, -0.2) is 15.5 Å². The minimum atomic E-state index is -3.68. The van der Waals surface area contributed by atoms with E-state index in [2.05, 4.69) is 10.0 Å². The van der Waals surface area contributed by atoms with E-state index in [0.29, 0.717) is 15.8 Å². The third kappa shape index (κ3) is 4.14. The molecule has 21 heavy (non-hydrogen) atoms. The van der Waals surface area contributed by atoms with Crippen molar-refractivity contribution in [3.8, 4) is 0 Å². The molecule has 0 radical (unpaired) electrons. The summed E-state index contributed by atoms with van der Waals surface area (Å²) in [6.07, 6.45) is 0. The molecule has 0 fully saturated rings. The zero-order valence-electron chi connectivity index (χ0n) is 11.2. The molecule has 0 spiro atoms. The smallest absolute Gasteiger partial charge is 0.261 e. The average molecular weight is 420 g/mol. The van der Waals surface area contributed by atoms with Crippen molar-refractivity contribution in [2.45, 2.75) is 11.4 Å². The normalized spacial score (nSPS) is 11.4. The van der Waals surface area contributed by atoms with Crippen molar-refractivity contribution >= 4 is 38.3 Å². The van der Waals surface area contributed by atoms with Gasteiger partial charge in [-0.2, -0.15) is 0 Å². The van der Waals surface area contributed by atoms with E-state index in [4.69, 9.17) is 0 Å². The number of hydrogen-bond acceptors (Lipinski definition) is 3. The molecule has 0 heterocycles. The number of anilines is 1. The summed E-state index contributed by atoms with van der Waals surface area (Å²) in [6, 6.07) is 10.5. The van der Waals surface area contributed by atoms with Gasteiger partial charge in [0.15, 0.2) is 0 Å². The van der Waals surface area contributed by atoms with Gasteiger partial charge in [0, 0.05) is 10.1 Å². The van der Waals surface area contributed by atoms with Crippen LogP contribution in [0.25, 0.3) is 0 Å². The molecule has 0 aromatic heterocycles. The van der Waals surface area contributed by atoms with Crippen LogP contribution < -0.4 is 10.0 Å². The number of sulfonamides is 1. The van der Waals surface area contributed by atoms with E-state index in [-0.39, 0.29) is 4.90 Å². The Morgan fingerprint density at radius 3 is 2.38 bits per heavy atom. The van der Waals surface area contributed by atoms with Gasteiger partial charge < -0.3 is 5.32 Å². The molecule has 0 bridgehead atoms. The van der Waals surface area contributed by atoms with E-state index >= 15 is 0 Å². The Labute approximate surface area is 137 Å². The van der Waals surface area contributed by atoms with Gasteiger partial charge >= 0.3 is 0 Å². The first-order chi connectivity index (χ1) is 9.92. The number of halogens is 2. The summed E-state index contributed by atoms with van der Waals surface area (Å²) in [5.41, 5.74) is 1.35. The molecule has 0 saturated carbocycles. The fourth-order valence-corrected chi connectivity index (χ4v) is 3.64. The van der Waals surface area contributed by atoms with E-state index in [1.807, 2.05) is 29.6 Å². The maximum absolute atomic E-state index is 13.0. The topological polar surface area (TPSA) is 58.2 Å². The second-order valence-electron chi connectivity index (χ2n) is 4.40. The number of hydrogen-bond donors (Lipinski definition) is 2. The van der Waals surface area contributed by atoms with Gasteiger partial charge in [-0.3, -0.25) is 4.72 Å². The molecule has 0 aliphatic carbocycles. The first-order valence-electron chi connectivity index (χ1n) is 6.14. The summed E-state index contributed by atoms with van der Waals surface area (Å²) in [5, 5.41) is 2.99. The fourth-order valence-electron chi connectivity index (χ4n) is 1.77. The van der Waals surface area contributed by atoms with Gasteiger partial charge in [0.2, 0.25) is 0 Å². The van der Waals surface area contributed by atoms with Gasteiger partial charge in [-0.05, 0) is 65.5 Å². The van der Waals surface area contributed by atoms with E-state index in [1.54, 1.807) is 24.3 Å². The highest BCUT2D eigenvalue weighted by molar-refractivity contribution is 14.1. The summed E-state index contributed by atoms with van der Waals surface area (Å²) < 4.78 is 40.6. The summed E-state index contributed by atoms with van der Waals surface area (Å²) in [7, 11) is -1.86. The highest BCUT2D eigenvalue weighted by Crippen LogP contribution is 2.22. The zero-order valence-corrected chi connectivity index (χ0v) is 14.2. The van der Waals surface area contributed by atoms with E-state index < -0.39 is 15.8 Å². The molecule has 0 amide bonds. The number of nitrogens with one attached hydrogen (secondary N) is 2. The van der Waals surface area contributed by atoms with Crippen molar-refractivity contribution in [1.29, 1.82) is 0 Å². The maximum atomic E-state index is 13.0. The standard InChI is InChI=1S/C14H14FIN2O2S/c1-17-9-10-2-5-12(6-3-10)21(19,20)18-14-7-4-11(15)8-13(14)16/h2-8,17-18H,9H2,1H3. The minimum Gasteiger partial charge on any atom is -0.316 e. The molecule has 0 aliphatic rings. The van der Waals surface area contributed by atoms with Crippen molar-refractivity contribution in [3.05, 3.63) is 57.4 Å². The predicted molar refractivity (Wildman–Crippen MR) is 89.1 cm³/mol. The molecular weight excluding hydrogens is 406 g/mol. The molecule has 2 aromatic rings. The van der Waals surface area contributed by atoms with Crippen molar-refractivity contribution in [1.82, 2.24) is 5.32 Å². The van der Waals surface area contributed by atoms with Crippen molar-refractivity contribution in [3.63, 3.8) is 0 Å². The third-order valence-corrected chi connectivity index (χ3v) is 5.06. The Hall–Kier alpha value is -1.19. The van der Waals surface area contributed by atoms with Gasteiger partial charge in [-0.1, -0.05) is 12.1 Å². The number of benzene rings is 2. The second-order valence-corrected chi connectivity index (χ2v) is 7.25. The first kappa shape index (κ1) is 16.2. The zero-order chi connectivity index (χ0) is 15.5. The Bertz CT molecular complexity index is 733. The first-order valence-corrected chi connectivity index (χ1v) is 8.70. The third-order valence-electron chi connectivity index (χ3n) is 2.79. The lowest BCUT2D eigenvalue weighted by atomic mass is 10.2. The molecule has 0 saturated heterocycles. The lowest BCUT2D eigenvalue weighted by Gasteiger charge is -2.10. The summed E-state index contributed by atoms with van der Waals surface area (Å²) in [6.45, 7) is 0.670. The largest absolute Gasteiger partial charge is 0.316 e. The van der Waals surface area contributed by atoms with Crippen LogP contribution >= 0.6 is 22.6 Å². The Morgan fingerprint density at radius 1 is 1.14 bits per heavy atom. The van der Waals surface area contributed by atoms with Crippen molar-refractivity contribution in [2.24, 2.45) is 0 Å². The van der Waals surface area contributed by atoms with Crippen LogP contribution in [0, 0.1) is 9.39 Å². The molecule has 2 N–H and O–H groups in total. The van der Waals surface area contributed by atoms with Gasteiger partial charge in [0.25, 0.3) is 10.0 Å². The van der Waals surface area contributed by atoms with E-state index in [1.165, 1.54) is 18.2 Å². The molecule has 112 valence electrons. The molecule has 2 rings (SSSR count). The van der Waals surface area contributed by atoms with Crippen LogP contribution in [-0.2, 0) is 16.6 Å². The average Bonchev–Trinajstić information content (AvgIpc) is 2.43. The van der Waals surface area contributed by atoms with Gasteiger partial charge in [0.1, 0.15) is 5.82 Å². The quantitative estimate of drug-likeness (QED) is 0.732. The van der Waals surface area contributed by atoms with E-state index in [9.17, 15) is 12.8 Å². The second kappa shape index (κ2) is 6.71. The SMILES string of the molecule is CNCc1ccc(S(=O)(=O)Nc2ccc(F)cc2I)cc1. The van der Waals surface area contributed by atoms with Gasteiger partial charge in [0.05, 0.1) is 10.6 Å². The lowest BCUT2D eigenvalue weighted by Crippen LogP contribution is -2.14. The van der Waals surface area contributed by atoms with Crippen LogP contribution in [0.3, 0.4) is 0 Å². The van der Waals surface area contributed by atoms with Crippen molar-refractivity contribution < 1.29 is 12.8 Å². The summed E-state index contributed by atoms with van der Waals surface area (Å²) >= 11 is 1.89. The minimum absolute atomic E-state index is 0.169. The van der Waals surface area contributed by atoms with E-state index in [0.717, 1.165) is 5.56 Å². The Balaban J connectivity index is 2.25. The molecular formula is C14H14FIN2O2S. The van der Waals surface area contributed by atoms with Crippen LogP contribution in [0.2, 0.25) is 0 Å². The molecule has 0 aliphatic heterocycles. The number of rotatable bonds is 5. The monoisotopic (exact) mass is 420 g/mol. The van der Waals surface area contributed by atoms with Gasteiger partial charge in [-0.25, -0.2) is 12.8 Å². The maximum Gasteiger partial charge on any atom is 0.261 e. The van der Waals surface area contributed by atoms with Crippen molar-refractivity contribution in [2.75, 3.05) is 11.8 Å². The van der Waals surface area contributed by atoms with Crippen LogP contribution in [0.4, 0.5) is 10.1 Å².